The highest BCUT2D eigenvalue weighted by Crippen LogP contribution is 2.55. The van der Waals surface area contributed by atoms with Crippen molar-refractivity contribution in [2.75, 3.05) is 5.32 Å². The molecule has 0 bridgehead atoms. The van der Waals surface area contributed by atoms with Crippen molar-refractivity contribution in [3.05, 3.63) is 82.6 Å². The van der Waals surface area contributed by atoms with Gasteiger partial charge in [0.05, 0.1) is 5.69 Å². The predicted molar refractivity (Wildman–Crippen MR) is 119 cm³/mol. The van der Waals surface area contributed by atoms with E-state index in [-0.39, 0.29) is 17.3 Å². The molecular weight excluding hydrogens is 394 g/mol. The molecule has 0 radical (unpaired) electrons. The minimum absolute atomic E-state index is 0.00591. The molecule has 1 N–H and O–H groups in total. The van der Waals surface area contributed by atoms with Crippen molar-refractivity contribution >= 4 is 29.0 Å². The van der Waals surface area contributed by atoms with Crippen LogP contribution in [-0.2, 0) is 16.6 Å². The summed E-state index contributed by atoms with van der Waals surface area (Å²) in [5.41, 5.74) is 3.83. The second-order valence-electron chi connectivity index (χ2n) is 8.39. The fourth-order valence-electron chi connectivity index (χ4n) is 5.46. The maximum absolute atomic E-state index is 12.6. The molecule has 152 valence electrons. The summed E-state index contributed by atoms with van der Waals surface area (Å²) >= 11 is 6.70. The molecule has 1 fully saturated rings. The third-order valence-electron chi connectivity index (χ3n) is 6.91. The Morgan fingerprint density at radius 1 is 1.00 bits per heavy atom. The van der Waals surface area contributed by atoms with E-state index in [9.17, 15) is 4.79 Å². The van der Waals surface area contributed by atoms with Gasteiger partial charge in [-0.3, -0.25) is 4.79 Å². The quantitative estimate of drug-likeness (QED) is 0.553. The maximum atomic E-state index is 12.6. The van der Waals surface area contributed by atoms with Crippen LogP contribution in [0, 0.1) is 11.8 Å². The molecule has 0 saturated heterocycles. The third kappa shape index (κ3) is 3.02. The standard InChI is InChI=1S/C25H24ClN3O/c1-16-20-13-12-19-22(25(20,15-14-21(16)30)17-8-4-2-5-9-17)28-24(29-23(19)26)27-18-10-6-3-7-11-18/h2-11,16,20H,12-15H2,1H3,(H,27,28,29)/t16-,20-,25+/m0/s1. The highest BCUT2D eigenvalue weighted by molar-refractivity contribution is 6.30. The van der Waals surface area contributed by atoms with Crippen LogP contribution in [0.3, 0.4) is 0 Å². The first-order valence-corrected chi connectivity index (χ1v) is 10.9. The monoisotopic (exact) mass is 417 g/mol. The van der Waals surface area contributed by atoms with Crippen LogP contribution in [0.2, 0.25) is 5.15 Å². The zero-order chi connectivity index (χ0) is 20.7. The molecule has 2 aromatic carbocycles. The number of Topliss-reactive ketones (excluding diaryl/α,β-unsaturated/α-hetero) is 1. The molecule has 2 aliphatic rings. The minimum Gasteiger partial charge on any atom is -0.324 e. The molecule has 1 heterocycles. The Morgan fingerprint density at radius 2 is 1.70 bits per heavy atom. The van der Waals surface area contributed by atoms with Crippen LogP contribution in [0.1, 0.15) is 43.0 Å². The summed E-state index contributed by atoms with van der Waals surface area (Å²) in [4.78, 5) is 22.2. The van der Waals surface area contributed by atoms with E-state index in [1.54, 1.807) is 0 Å². The summed E-state index contributed by atoms with van der Waals surface area (Å²) < 4.78 is 0. The highest BCUT2D eigenvalue weighted by atomic mass is 35.5. The molecule has 0 unspecified atom stereocenters. The maximum Gasteiger partial charge on any atom is 0.228 e. The smallest absolute Gasteiger partial charge is 0.228 e. The first-order chi connectivity index (χ1) is 14.6. The van der Waals surface area contributed by atoms with Gasteiger partial charge in [0.15, 0.2) is 0 Å². The lowest BCUT2D eigenvalue weighted by atomic mass is 9.53. The molecule has 30 heavy (non-hydrogen) atoms. The summed E-state index contributed by atoms with van der Waals surface area (Å²) in [7, 11) is 0. The molecule has 2 aliphatic carbocycles. The van der Waals surface area contributed by atoms with E-state index in [0.29, 0.717) is 23.3 Å². The van der Waals surface area contributed by atoms with Crippen molar-refractivity contribution in [1.29, 1.82) is 0 Å². The molecule has 0 spiro atoms. The average molecular weight is 418 g/mol. The second kappa shape index (κ2) is 7.51. The van der Waals surface area contributed by atoms with Crippen LogP contribution in [0.4, 0.5) is 11.6 Å². The number of carbonyl (C=O) groups excluding carboxylic acids is 1. The largest absolute Gasteiger partial charge is 0.324 e. The van der Waals surface area contributed by atoms with Gasteiger partial charge < -0.3 is 5.32 Å². The van der Waals surface area contributed by atoms with Gasteiger partial charge in [0.1, 0.15) is 10.9 Å². The molecular formula is C25H24ClN3O. The molecule has 0 amide bonds. The van der Waals surface area contributed by atoms with E-state index in [1.807, 2.05) is 36.4 Å². The minimum atomic E-state index is -0.318. The molecule has 1 aromatic heterocycles. The predicted octanol–water partition coefficient (Wildman–Crippen LogP) is 5.72. The van der Waals surface area contributed by atoms with Crippen LogP contribution >= 0.6 is 11.6 Å². The Morgan fingerprint density at radius 3 is 2.43 bits per heavy atom. The van der Waals surface area contributed by atoms with Gasteiger partial charge in [-0.05, 0) is 42.9 Å². The van der Waals surface area contributed by atoms with E-state index in [1.165, 1.54) is 5.56 Å². The van der Waals surface area contributed by atoms with Crippen molar-refractivity contribution in [2.45, 2.75) is 38.0 Å². The average Bonchev–Trinajstić information content (AvgIpc) is 2.77. The summed E-state index contributed by atoms with van der Waals surface area (Å²) in [6, 6.07) is 20.4. The summed E-state index contributed by atoms with van der Waals surface area (Å²) in [6.45, 7) is 2.08. The van der Waals surface area contributed by atoms with Crippen LogP contribution in [-0.4, -0.2) is 15.8 Å². The van der Waals surface area contributed by atoms with Gasteiger partial charge in [-0.25, -0.2) is 9.97 Å². The van der Waals surface area contributed by atoms with Gasteiger partial charge in [0.25, 0.3) is 0 Å². The molecule has 3 atom stereocenters. The lowest BCUT2D eigenvalue weighted by Gasteiger charge is -2.50. The Labute approximate surface area is 181 Å². The fourth-order valence-corrected chi connectivity index (χ4v) is 5.72. The number of fused-ring (bicyclic) bond motifs is 3. The number of nitrogens with zero attached hydrogens (tertiary/aromatic N) is 2. The summed E-state index contributed by atoms with van der Waals surface area (Å²) in [5.74, 6) is 1.08. The van der Waals surface area contributed by atoms with Crippen LogP contribution in [0.15, 0.2) is 60.7 Å². The van der Waals surface area contributed by atoms with E-state index < -0.39 is 0 Å². The first kappa shape index (κ1) is 19.3. The topological polar surface area (TPSA) is 54.9 Å². The number of carbonyl (C=O) groups is 1. The number of ketones is 1. The highest BCUT2D eigenvalue weighted by Gasteiger charge is 2.53. The number of benzene rings is 2. The van der Waals surface area contributed by atoms with Crippen molar-refractivity contribution < 1.29 is 4.79 Å². The number of aromatic nitrogens is 2. The molecule has 5 rings (SSSR count). The fraction of sp³-hybridized carbons (Fsp3) is 0.320. The van der Waals surface area contributed by atoms with Gasteiger partial charge in [-0.1, -0.05) is 67.1 Å². The molecule has 5 heteroatoms. The Balaban J connectivity index is 1.70. The first-order valence-electron chi connectivity index (χ1n) is 10.6. The SMILES string of the molecule is C[C@@H]1C(=O)CC[C@]2(c3ccccc3)c3nc(Nc4ccccc4)nc(Cl)c3CC[C@@H]12. The van der Waals surface area contributed by atoms with Crippen molar-refractivity contribution in [3.63, 3.8) is 0 Å². The Bertz CT molecular complexity index is 1090. The van der Waals surface area contributed by atoms with Crippen molar-refractivity contribution in [1.82, 2.24) is 9.97 Å². The van der Waals surface area contributed by atoms with E-state index in [0.717, 1.165) is 36.2 Å². The van der Waals surface area contributed by atoms with Gasteiger partial charge in [-0.2, -0.15) is 0 Å². The van der Waals surface area contributed by atoms with Crippen LogP contribution in [0.25, 0.3) is 0 Å². The number of nitrogens with one attached hydrogen (secondary N) is 1. The lowest BCUT2D eigenvalue weighted by molar-refractivity contribution is -0.128. The van der Waals surface area contributed by atoms with Gasteiger partial charge in [0.2, 0.25) is 5.95 Å². The van der Waals surface area contributed by atoms with E-state index in [2.05, 4.69) is 41.5 Å². The van der Waals surface area contributed by atoms with Crippen LogP contribution in [0.5, 0.6) is 0 Å². The Kier molecular flexibility index (Phi) is 4.82. The number of hydrogen-bond donors (Lipinski definition) is 1. The lowest BCUT2D eigenvalue weighted by Crippen LogP contribution is -2.50. The zero-order valence-corrected chi connectivity index (χ0v) is 17.7. The van der Waals surface area contributed by atoms with E-state index >= 15 is 0 Å². The van der Waals surface area contributed by atoms with Crippen molar-refractivity contribution in [2.24, 2.45) is 11.8 Å². The number of anilines is 2. The van der Waals surface area contributed by atoms with Gasteiger partial charge in [0, 0.05) is 29.0 Å². The molecule has 0 aliphatic heterocycles. The molecule has 4 nitrogen and oxygen atoms in total. The second-order valence-corrected chi connectivity index (χ2v) is 8.75. The number of hydrogen-bond acceptors (Lipinski definition) is 4. The van der Waals surface area contributed by atoms with Crippen LogP contribution < -0.4 is 5.32 Å². The van der Waals surface area contributed by atoms with Crippen molar-refractivity contribution in [3.8, 4) is 0 Å². The molecule has 3 aromatic rings. The number of rotatable bonds is 3. The zero-order valence-electron chi connectivity index (χ0n) is 16.9. The van der Waals surface area contributed by atoms with Gasteiger partial charge in [-0.15, -0.1) is 0 Å². The normalized spacial score (nSPS) is 25.3. The third-order valence-corrected chi connectivity index (χ3v) is 7.23. The number of para-hydroxylation sites is 1. The molecule has 1 saturated carbocycles. The number of halogens is 1. The van der Waals surface area contributed by atoms with E-state index in [4.69, 9.17) is 16.6 Å². The van der Waals surface area contributed by atoms with Gasteiger partial charge >= 0.3 is 0 Å². The summed E-state index contributed by atoms with van der Waals surface area (Å²) in [5, 5.41) is 3.82. The Hall–Kier alpha value is -2.72. The summed E-state index contributed by atoms with van der Waals surface area (Å²) in [6.07, 6.45) is 3.05.